The Morgan fingerprint density at radius 1 is 0.968 bits per heavy atom. The van der Waals surface area contributed by atoms with E-state index in [0.717, 1.165) is 17.4 Å². The van der Waals surface area contributed by atoms with Gasteiger partial charge in [0.1, 0.15) is 0 Å². The fourth-order valence-corrected chi connectivity index (χ4v) is 3.71. The molecule has 0 aliphatic heterocycles. The van der Waals surface area contributed by atoms with Crippen LogP contribution in [-0.4, -0.2) is 31.7 Å². The van der Waals surface area contributed by atoms with Crippen molar-refractivity contribution in [3.8, 4) is 22.4 Å². The molecule has 1 heterocycles. The predicted molar refractivity (Wildman–Crippen MR) is 113 cm³/mol. The zero-order valence-electron chi connectivity index (χ0n) is 16.3. The van der Waals surface area contributed by atoms with Gasteiger partial charge >= 0.3 is 12.1 Å². The number of anilines is 1. The molecule has 2 aromatic carbocycles. The molecule has 162 valence electrons. The Balaban J connectivity index is 1.87. The number of alkyl halides is 3. The Morgan fingerprint density at radius 3 is 1.94 bits per heavy atom. The summed E-state index contributed by atoms with van der Waals surface area (Å²) in [6, 6.07) is 14.7. The lowest BCUT2D eigenvalue weighted by Crippen LogP contribution is -2.30. The number of nitrogens with one attached hydrogen (secondary N) is 1. The third-order valence-corrected chi connectivity index (χ3v) is 5.86. The van der Waals surface area contributed by atoms with Gasteiger partial charge in [-0.05, 0) is 36.2 Å². The molecule has 0 aliphatic carbocycles. The number of pyridine rings is 1. The molecule has 1 aromatic heterocycles. The number of benzene rings is 2. The fourth-order valence-electron chi connectivity index (χ4n) is 2.82. The van der Waals surface area contributed by atoms with Crippen molar-refractivity contribution in [2.45, 2.75) is 18.0 Å². The standard InChI is InChI=1S/C21H16ClF3N2O3S/c1-12-18(27-20(28)21(23,24)25)11-17(22)19(26-12)15-5-3-13(4-6-15)14-7-9-16(10-8-14)31(2,29)30/h3-11H,1-2H3,(H,27,28). The molecule has 10 heteroatoms. The molecule has 1 N–H and O–H groups in total. The van der Waals surface area contributed by atoms with Gasteiger partial charge < -0.3 is 5.32 Å². The van der Waals surface area contributed by atoms with Crippen molar-refractivity contribution in [3.05, 3.63) is 65.3 Å². The number of nitrogens with zero attached hydrogens (tertiary/aromatic N) is 1. The van der Waals surface area contributed by atoms with Crippen molar-refractivity contribution in [2.75, 3.05) is 11.6 Å². The number of aromatic nitrogens is 1. The summed E-state index contributed by atoms with van der Waals surface area (Å²) in [7, 11) is -3.28. The number of halogens is 4. The van der Waals surface area contributed by atoms with Crippen LogP contribution >= 0.6 is 11.6 Å². The summed E-state index contributed by atoms with van der Waals surface area (Å²) in [4.78, 5) is 15.6. The van der Waals surface area contributed by atoms with Crippen molar-refractivity contribution in [1.29, 1.82) is 0 Å². The first-order valence-electron chi connectivity index (χ1n) is 8.82. The van der Waals surface area contributed by atoms with E-state index in [2.05, 4.69) is 4.98 Å². The Kier molecular flexibility index (Phi) is 6.11. The van der Waals surface area contributed by atoms with Crippen molar-refractivity contribution in [1.82, 2.24) is 4.98 Å². The van der Waals surface area contributed by atoms with E-state index >= 15 is 0 Å². The van der Waals surface area contributed by atoms with Crippen LogP contribution in [0.2, 0.25) is 5.02 Å². The second-order valence-corrected chi connectivity index (χ2v) is 9.20. The molecule has 0 atom stereocenters. The van der Waals surface area contributed by atoms with Gasteiger partial charge in [0.2, 0.25) is 0 Å². The first-order valence-corrected chi connectivity index (χ1v) is 11.1. The van der Waals surface area contributed by atoms with Crippen LogP contribution in [-0.2, 0) is 14.6 Å². The van der Waals surface area contributed by atoms with Crippen molar-refractivity contribution >= 4 is 33.0 Å². The number of aryl methyl sites for hydroxylation is 1. The molecule has 31 heavy (non-hydrogen) atoms. The van der Waals surface area contributed by atoms with E-state index in [-0.39, 0.29) is 21.3 Å². The van der Waals surface area contributed by atoms with Crippen molar-refractivity contribution < 1.29 is 26.4 Å². The van der Waals surface area contributed by atoms with E-state index in [1.54, 1.807) is 41.7 Å². The molecule has 5 nitrogen and oxygen atoms in total. The van der Waals surface area contributed by atoms with Gasteiger partial charge in [0, 0.05) is 11.8 Å². The SMILES string of the molecule is Cc1nc(-c2ccc(-c3ccc(S(C)(=O)=O)cc3)cc2)c(Cl)cc1NC(=O)C(F)(F)F. The average Bonchev–Trinajstić information content (AvgIpc) is 2.69. The number of sulfone groups is 1. The van der Waals surface area contributed by atoms with Crippen LogP contribution in [0.4, 0.5) is 18.9 Å². The van der Waals surface area contributed by atoms with Crippen LogP contribution in [0.3, 0.4) is 0 Å². The lowest BCUT2D eigenvalue weighted by molar-refractivity contribution is -0.167. The summed E-state index contributed by atoms with van der Waals surface area (Å²) in [6.45, 7) is 1.46. The van der Waals surface area contributed by atoms with Gasteiger partial charge in [-0.3, -0.25) is 4.79 Å². The molecule has 0 aliphatic rings. The highest BCUT2D eigenvalue weighted by atomic mass is 35.5. The van der Waals surface area contributed by atoms with E-state index in [4.69, 9.17) is 11.6 Å². The Hall–Kier alpha value is -2.91. The number of rotatable bonds is 4. The fraction of sp³-hybridized carbons (Fsp3) is 0.143. The van der Waals surface area contributed by atoms with E-state index < -0.39 is 21.9 Å². The molecule has 0 spiro atoms. The van der Waals surface area contributed by atoms with Crippen LogP contribution in [0.5, 0.6) is 0 Å². The molecule has 3 rings (SSSR count). The molecular formula is C21H16ClF3N2O3S. The van der Waals surface area contributed by atoms with Gasteiger partial charge in [0.15, 0.2) is 9.84 Å². The predicted octanol–water partition coefficient (Wildman–Crippen LogP) is 5.28. The average molecular weight is 469 g/mol. The van der Waals surface area contributed by atoms with Crippen molar-refractivity contribution in [3.63, 3.8) is 0 Å². The first kappa shape index (κ1) is 22.8. The molecule has 0 radical (unpaired) electrons. The van der Waals surface area contributed by atoms with Crippen LogP contribution < -0.4 is 5.32 Å². The van der Waals surface area contributed by atoms with Gasteiger partial charge in [-0.25, -0.2) is 13.4 Å². The third-order valence-electron chi connectivity index (χ3n) is 4.45. The monoisotopic (exact) mass is 468 g/mol. The van der Waals surface area contributed by atoms with Gasteiger partial charge in [-0.1, -0.05) is 48.0 Å². The molecular weight excluding hydrogens is 453 g/mol. The van der Waals surface area contributed by atoms with E-state index in [1.807, 2.05) is 0 Å². The third kappa shape index (κ3) is 5.23. The summed E-state index contributed by atoms with van der Waals surface area (Å²) >= 11 is 6.20. The Morgan fingerprint density at radius 2 is 1.45 bits per heavy atom. The first-order chi connectivity index (χ1) is 14.4. The van der Waals surface area contributed by atoms with Crippen molar-refractivity contribution in [2.24, 2.45) is 0 Å². The topological polar surface area (TPSA) is 76.1 Å². The van der Waals surface area contributed by atoms with Gasteiger partial charge in [0.25, 0.3) is 0 Å². The van der Waals surface area contributed by atoms with Crippen LogP contribution in [0, 0.1) is 6.92 Å². The molecule has 0 saturated carbocycles. The van der Waals surface area contributed by atoms with Gasteiger partial charge in [-0.2, -0.15) is 13.2 Å². The minimum Gasteiger partial charge on any atom is -0.317 e. The number of amides is 1. The second kappa shape index (κ2) is 8.32. The molecule has 1 amide bonds. The van der Waals surface area contributed by atoms with Gasteiger partial charge in [-0.15, -0.1) is 0 Å². The number of hydrogen-bond donors (Lipinski definition) is 1. The zero-order chi connectivity index (χ0) is 23.0. The second-order valence-electron chi connectivity index (χ2n) is 6.78. The molecule has 0 bridgehead atoms. The summed E-state index contributed by atoms with van der Waals surface area (Å²) < 4.78 is 60.6. The normalized spacial score (nSPS) is 11.9. The molecule has 0 saturated heterocycles. The Labute approximate surface area is 181 Å². The highest BCUT2D eigenvalue weighted by Crippen LogP contribution is 2.32. The smallest absolute Gasteiger partial charge is 0.317 e. The maximum atomic E-state index is 12.5. The van der Waals surface area contributed by atoms with E-state index in [9.17, 15) is 26.4 Å². The number of hydrogen-bond acceptors (Lipinski definition) is 4. The number of carbonyl (C=O) groups excluding carboxylic acids is 1. The molecule has 0 unspecified atom stereocenters. The zero-order valence-corrected chi connectivity index (χ0v) is 17.9. The minimum atomic E-state index is -5.02. The lowest BCUT2D eigenvalue weighted by atomic mass is 10.0. The van der Waals surface area contributed by atoms with Crippen LogP contribution in [0.15, 0.2) is 59.5 Å². The Bertz CT molecular complexity index is 1240. The highest BCUT2D eigenvalue weighted by molar-refractivity contribution is 7.90. The highest BCUT2D eigenvalue weighted by Gasteiger charge is 2.39. The summed E-state index contributed by atoms with van der Waals surface area (Å²) in [5.74, 6) is -2.10. The van der Waals surface area contributed by atoms with Gasteiger partial charge in [0.05, 0.1) is 27.0 Å². The largest absolute Gasteiger partial charge is 0.471 e. The van der Waals surface area contributed by atoms with Crippen LogP contribution in [0.25, 0.3) is 22.4 Å². The van der Waals surface area contributed by atoms with Crippen LogP contribution in [0.1, 0.15) is 5.69 Å². The van der Waals surface area contributed by atoms with E-state index in [0.29, 0.717) is 11.3 Å². The molecule has 3 aromatic rings. The maximum absolute atomic E-state index is 12.5. The quantitative estimate of drug-likeness (QED) is 0.565. The minimum absolute atomic E-state index is 0.0772. The lowest BCUT2D eigenvalue weighted by Gasteiger charge is -2.13. The maximum Gasteiger partial charge on any atom is 0.471 e. The summed E-state index contributed by atoms with van der Waals surface area (Å²) in [5.41, 5.74) is 2.66. The molecule has 0 fully saturated rings. The number of carbonyl (C=O) groups is 1. The summed E-state index contributed by atoms with van der Waals surface area (Å²) in [5, 5.41) is 1.84. The van der Waals surface area contributed by atoms with E-state index in [1.165, 1.54) is 25.1 Å². The summed E-state index contributed by atoms with van der Waals surface area (Å²) in [6.07, 6.45) is -3.89.